The Balaban J connectivity index is 0.000000371. The summed E-state index contributed by atoms with van der Waals surface area (Å²) in [4.78, 5) is 3.65. The van der Waals surface area contributed by atoms with Gasteiger partial charge in [-0.1, -0.05) is 23.2 Å². The minimum absolute atomic E-state index is 0.303. The van der Waals surface area contributed by atoms with Crippen LogP contribution >= 0.6 is 36.8 Å². The van der Waals surface area contributed by atoms with Crippen molar-refractivity contribution >= 4 is 36.8 Å². The summed E-state index contributed by atoms with van der Waals surface area (Å²) < 4.78 is 0. The Morgan fingerprint density at radius 2 is 2.10 bits per heavy atom. The maximum absolute atomic E-state index is 5.43. The molecule has 0 amide bonds. The average molecular weight is 292 g/mol. The first-order valence-corrected chi connectivity index (χ1v) is 9.96. The molecule has 0 saturated heterocycles. The molecule has 0 aliphatic rings. The van der Waals surface area contributed by atoms with Crippen molar-refractivity contribution in [3.05, 3.63) is 28.5 Å². The molecule has 1 heterocycles. The van der Waals surface area contributed by atoms with Crippen LogP contribution in [0, 0.1) is 6.07 Å². The first-order chi connectivity index (χ1) is 4.79. The van der Waals surface area contributed by atoms with Crippen molar-refractivity contribution in [1.82, 2.24) is 4.98 Å². The van der Waals surface area contributed by atoms with Gasteiger partial charge in [0.05, 0.1) is 0 Å². The van der Waals surface area contributed by atoms with Crippen LogP contribution in [0.1, 0.15) is 0 Å². The number of nitrogens with zero attached hydrogens (tertiary/aromatic N) is 1. The molecule has 1 aromatic heterocycles. The van der Waals surface area contributed by atoms with Crippen LogP contribution in [0.3, 0.4) is 0 Å². The van der Waals surface area contributed by atoms with Gasteiger partial charge in [0.2, 0.25) is 0 Å². The van der Waals surface area contributed by atoms with Gasteiger partial charge < -0.3 is 0 Å². The van der Waals surface area contributed by atoms with Gasteiger partial charge in [-0.05, 0) is 0 Å². The van der Waals surface area contributed by atoms with Gasteiger partial charge >= 0.3 is 30.0 Å². The summed E-state index contributed by atoms with van der Waals surface area (Å²) in [6.07, 6.45) is 0. The molecule has 0 radical (unpaired) electrons. The van der Waals surface area contributed by atoms with Gasteiger partial charge in [-0.2, -0.15) is 6.07 Å². The first-order valence-electron chi connectivity index (χ1n) is 2.25. The molecular weight excluding hydrogens is 290 g/mol. The van der Waals surface area contributed by atoms with Gasteiger partial charge in [-0.15, -0.1) is 0 Å². The first kappa shape index (κ1) is 10.8. The molecular formula is C5H2BrCl2NZn. The number of rotatable bonds is 0. The molecule has 0 aromatic carbocycles. The topological polar surface area (TPSA) is 12.9 Å². The molecule has 1 aromatic rings. The van der Waals surface area contributed by atoms with Crippen molar-refractivity contribution in [3.63, 3.8) is 0 Å². The van der Waals surface area contributed by atoms with Crippen LogP contribution in [0.15, 0.2) is 12.1 Å². The standard InChI is InChI=1S/C5H2Cl2N.BrH.Zn/c6-4-2-1-3-5(7)8-4;;/h1-2H;1H;/q-1;;+2/p-1. The van der Waals surface area contributed by atoms with Crippen LogP contribution in [-0.4, -0.2) is 4.98 Å². The molecule has 1 rings (SSSR count). The molecule has 0 aliphatic heterocycles. The summed E-state index contributed by atoms with van der Waals surface area (Å²) in [7, 11) is 0. The Bertz CT molecular complexity index is 180. The molecule has 1 nitrogen and oxygen atoms in total. The Morgan fingerprint density at radius 1 is 1.50 bits per heavy atom. The number of hydrogen-bond acceptors (Lipinski definition) is 1. The SMILES string of the molecule is Clc1[c-]ccc(Cl)n1.[Zn+][Br]. The van der Waals surface area contributed by atoms with Crippen LogP contribution in [0.5, 0.6) is 0 Å². The predicted octanol–water partition coefficient (Wildman–Crippen LogP) is 3.03. The second-order valence-electron chi connectivity index (χ2n) is 1.20. The second kappa shape index (κ2) is 6.54. The fraction of sp³-hybridized carbons (Fsp3) is 0. The van der Waals surface area contributed by atoms with Crippen molar-refractivity contribution in [2.24, 2.45) is 0 Å². The van der Waals surface area contributed by atoms with Gasteiger partial charge in [0.25, 0.3) is 0 Å². The van der Waals surface area contributed by atoms with E-state index in [0.29, 0.717) is 10.3 Å². The van der Waals surface area contributed by atoms with Crippen molar-refractivity contribution in [1.29, 1.82) is 0 Å². The fourth-order valence-corrected chi connectivity index (χ4v) is 0.687. The molecule has 50 valence electrons. The third-order valence-electron chi connectivity index (χ3n) is 0.628. The Morgan fingerprint density at radius 3 is 2.40 bits per heavy atom. The minimum atomic E-state index is 0.303. The second-order valence-corrected chi connectivity index (χ2v) is 1.95. The summed E-state index contributed by atoms with van der Waals surface area (Å²) in [5.74, 6) is 0. The Labute approximate surface area is 86.2 Å². The molecule has 0 aliphatic carbocycles. The average Bonchev–Trinajstić information content (AvgIpc) is 1.91. The van der Waals surface area contributed by atoms with Gasteiger partial charge in [0.1, 0.15) is 0 Å². The summed E-state index contributed by atoms with van der Waals surface area (Å²) >= 11 is 15.1. The van der Waals surface area contributed by atoms with Crippen molar-refractivity contribution in [2.45, 2.75) is 0 Å². The summed E-state index contributed by atoms with van der Waals surface area (Å²) in [6.45, 7) is 0. The van der Waals surface area contributed by atoms with E-state index in [2.05, 4.69) is 24.7 Å². The van der Waals surface area contributed by atoms with Gasteiger partial charge in [0.15, 0.2) is 0 Å². The maximum atomic E-state index is 5.43. The van der Waals surface area contributed by atoms with E-state index in [0.717, 1.165) is 0 Å². The van der Waals surface area contributed by atoms with Crippen molar-refractivity contribution in [2.75, 3.05) is 0 Å². The van der Waals surface area contributed by atoms with Crippen LogP contribution in [0.2, 0.25) is 10.3 Å². The molecule has 0 unspecified atom stereocenters. The summed E-state index contributed by atoms with van der Waals surface area (Å²) in [5, 5.41) is 0.700. The van der Waals surface area contributed by atoms with Crippen LogP contribution in [0.25, 0.3) is 0 Å². The number of halogens is 3. The molecule has 10 heavy (non-hydrogen) atoms. The van der Waals surface area contributed by atoms with E-state index >= 15 is 0 Å². The predicted molar refractivity (Wildman–Crippen MR) is 42.0 cm³/mol. The quantitative estimate of drug-likeness (QED) is 0.407. The van der Waals surface area contributed by atoms with Gasteiger partial charge in [-0.3, -0.25) is 4.98 Å². The number of pyridine rings is 1. The van der Waals surface area contributed by atoms with E-state index in [1.807, 2.05) is 0 Å². The van der Waals surface area contributed by atoms with Crippen molar-refractivity contribution < 1.29 is 16.3 Å². The summed E-state index contributed by atoms with van der Waals surface area (Å²) in [5.41, 5.74) is 0. The molecule has 0 spiro atoms. The molecule has 0 atom stereocenters. The third-order valence-corrected chi connectivity index (χ3v) is 1.03. The molecule has 0 bridgehead atoms. The molecule has 0 fully saturated rings. The molecule has 0 N–H and O–H groups in total. The molecule has 0 saturated carbocycles. The Kier molecular flexibility index (Phi) is 7.08. The zero-order valence-corrected chi connectivity index (χ0v) is 11.0. The van der Waals surface area contributed by atoms with E-state index in [1.165, 1.54) is 16.3 Å². The van der Waals surface area contributed by atoms with Gasteiger partial charge in [0, 0.05) is 10.3 Å². The van der Waals surface area contributed by atoms with E-state index in [4.69, 9.17) is 23.2 Å². The van der Waals surface area contributed by atoms with Crippen LogP contribution in [0.4, 0.5) is 0 Å². The monoisotopic (exact) mass is 289 g/mol. The van der Waals surface area contributed by atoms with E-state index in [1.54, 1.807) is 12.1 Å². The van der Waals surface area contributed by atoms with E-state index in [9.17, 15) is 0 Å². The third kappa shape index (κ3) is 4.62. The van der Waals surface area contributed by atoms with E-state index < -0.39 is 0 Å². The zero-order valence-electron chi connectivity index (χ0n) is 4.94. The number of hydrogen-bond donors (Lipinski definition) is 0. The summed E-state index contributed by atoms with van der Waals surface area (Å²) in [6, 6.07) is 5.88. The van der Waals surface area contributed by atoms with Crippen LogP contribution < -0.4 is 0 Å². The molecule has 5 heteroatoms. The Hall–Kier alpha value is 0.833. The fourth-order valence-electron chi connectivity index (χ4n) is 0.343. The van der Waals surface area contributed by atoms with Gasteiger partial charge in [-0.25, -0.2) is 12.1 Å². The normalized spacial score (nSPS) is 8.10. The number of aromatic nitrogens is 1. The van der Waals surface area contributed by atoms with E-state index in [-0.39, 0.29) is 0 Å². The zero-order chi connectivity index (χ0) is 7.98. The van der Waals surface area contributed by atoms with Crippen molar-refractivity contribution in [3.8, 4) is 0 Å². The van der Waals surface area contributed by atoms with Crippen LogP contribution in [-0.2, 0) is 16.3 Å².